The van der Waals surface area contributed by atoms with Gasteiger partial charge in [-0.3, -0.25) is 9.59 Å². The molecule has 0 aliphatic carbocycles. The highest BCUT2D eigenvalue weighted by Gasteiger charge is 2.29. The van der Waals surface area contributed by atoms with Crippen LogP contribution in [0.2, 0.25) is 0 Å². The number of hydrogen-bond donors (Lipinski definition) is 1. The molecule has 0 saturated heterocycles. The Morgan fingerprint density at radius 2 is 1.39 bits per heavy atom. The Labute approximate surface area is 225 Å². The van der Waals surface area contributed by atoms with Gasteiger partial charge in [-0.1, -0.05) is 72.8 Å². The number of rotatable bonds is 13. The van der Waals surface area contributed by atoms with Gasteiger partial charge in [-0.15, -0.1) is 0 Å². The lowest BCUT2D eigenvalue weighted by Crippen LogP contribution is -2.51. The minimum atomic E-state index is -3.70. The molecule has 3 aromatic rings. The second kappa shape index (κ2) is 13.7. The Morgan fingerprint density at radius 1 is 0.842 bits per heavy atom. The van der Waals surface area contributed by atoms with Gasteiger partial charge in [0.2, 0.25) is 21.8 Å². The average Bonchev–Trinajstić information content (AvgIpc) is 2.92. The summed E-state index contributed by atoms with van der Waals surface area (Å²) >= 11 is 0. The second-order valence-corrected chi connectivity index (χ2v) is 11.1. The SMILES string of the molecule is COc1ccc(CN(C(=O)CN(Cc2ccccc2)S(C)(=O)=O)[C@@H](C)C(=O)NCCc2ccccc2)cc1. The molecule has 3 aromatic carbocycles. The van der Waals surface area contributed by atoms with Crippen molar-refractivity contribution in [1.82, 2.24) is 14.5 Å². The normalized spacial score (nSPS) is 12.1. The molecule has 2 amide bonds. The van der Waals surface area contributed by atoms with Crippen LogP contribution in [0.15, 0.2) is 84.9 Å². The number of amides is 2. The number of ether oxygens (including phenoxy) is 1. The predicted octanol–water partition coefficient (Wildman–Crippen LogP) is 3.23. The first-order chi connectivity index (χ1) is 18.2. The van der Waals surface area contributed by atoms with Crippen molar-refractivity contribution < 1.29 is 22.7 Å². The molecule has 0 aliphatic heterocycles. The molecular formula is C29H35N3O5S. The summed E-state index contributed by atoms with van der Waals surface area (Å²) in [4.78, 5) is 28.1. The number of nitrogens with zero attached hydrogens (tertiary/aromatic N) is 2. The molecule has 1 atom stereocenters. The van der Waals surface area contributed by atoms with E-state index in [1.54, 1.807) is 38.3 Å². The number of hydrogen-bond acceptors (Lipinski definition) is 5. The predicted molar refractivity (Wildman–Crippen MR) is 148 cm³/mol. The van der Waals surface area contributed by atoms with Gasteiger partial charge < -0.3 is 15.0 Å². The topological polar surface area (TPSA) is 96.0 Å². The molecule has 0 radical (unpaired) electrons. The average molecular weight is 538 g/mol. The Bertz CT molecular complexity index is 1280. The van der Waals surface area contributed by atoms with Crippen LogP contribution in [-0.4, -0.2) is 61.9 Å². The highest BCUT2D eigenvalue weighted by Crippen LogP contribution is 2.16. The minimum Gasteiger partial charge on any atom is -0.497 e. The second-order valence-electron chi connectivity index (χ2n) is 9.09. The lowest BCUT2D eigenvalue weighted by molar-refractivity contribution is -0.140. The first-order valence-corrected chi connectivity index (χ1v) is 14.3. The van der Waals surface area contributed by atoms with Crippen molar-refractivity contribution in [2.24, 2.45) is 0 Å². The third-order valence-corrected chi connectivity index (χ3v) is 7.41. The number of methoxy groups -OCH3 is 1. The molecule has 0 aliphatic rings. The molecule has 0 unspecified atom stereocenters. The molecule has 0 aromatic heterocycles. The molecule has 8 nitrogen and oxygen atoms in total. The molecule has 1 N–H and O–H groups in total. The summed E-state index contributed by atoms with van der Waals surface area (Å²) in [5.41, 5.74) is 2.65. The largest absolute Gasteiger partial charge is 0.497 e. The van der Waals surface area contributed by atoms with E-state index in [4.69, 9.17) is 4.74 Å². The number of carbonyl (C=O) groups excluding carboxylic acids is 2. The number of carbonyl (C=O) groups is 2. The summed E-state index contributed by atoms with van der Waals surface area (Å²) in [5.74, 6) is -0.103. The van der Waals surface area contributed by atoms with Crippen LogP contribution in [0.5, 0.6) is 5.75 Å². The molecule has 38 heavy (non-hydrogen) atoms. The van der Waals surface area contributed by atoms with Crippen molar-refractivity contribution in [3.8, 4) is 5.75 Å². The molecule has 0 saturated carbocycles. The van der Waals surface area contributed by atoms with Crippen LogP contribution in [-0.2, 0) is 39.1 Å². The maximum atomic E-state index is 13.6. The zero-order valence-electron chi connectivity index (χ0n) is 22.0. The van der Waals surface area contributed by atoms with E-state index in [9.17, 15) is 18.0 Å². The van der Waals surface area contributed by atoms with Crippen LogP contribution < -0.4 is 10.1 Å². The van der Waals surface area contributed by atoms with Gasteiger partial charge in [0.1, 0.15) is 11.8 Å². The highest BCUT2D eigenvalue weighted by molar-refractivity contribution is 7.88. The van der Waals surface area contributed by atoms with Gasteiger partial charge in [0, 0.05) is 19.6 Å². The summed E-state index contributed by atoms with van der Waals surface area (Å²) in [7, 11) is -2.13. The number of benzene rings is 3. The van der Waals surface area contributed by atoms with Crippen LogP contribution in [0.3, 0.4) is 0 Å². The van der Waals surface area contributed by atoms with Gasteiger partial charge in [0.15, 0.2) is 0 Å². The smallest absolute Gasteiger partial charge is 0.242 e. The third kappa shape index (κ3) is 8.71. The van der Waals surface area contributed by atoms with E-state index < -0.39 is 22.0 Å². The Morgan fingerprint density at radius 3 is 1.95 bits per heavy atom. The van der Waals surface area contributed by atoms with Crippen molar-refractivity contribution in [3.63, 3.8) is 0 Å². The van der Waals surface area contributed by atoms with E-state index in [0.29, 0.717) is 18.7 Å². The molecule has 0 heterocycles. The summed E-state index contributed by atoms with van der Waals surface area (Å²) in [6.07, 6.45) is 1.74. The number of sulfonamides is 1. The molecular weight excluding hydrogens is 502 g/mol. The van der Waals surface area contributed by atoms with Crippen molar-refractivity contribution in [1.29, 1.82) is 0 Å². The van der Waals surface area contributed by atoms with Gasteiger partial charge in [-0.05, 0) is 42.2 Å². The summed E-state index contributed by atoms with van der Waals surface area (Å²) < 4.78 is 31.5. The van der Waals surface area contributed by atoms with Gasteiger partial charge in [-0.2, -0.15) is 4.31 Å². The summed E-state index contributed by atoms with van der Waals surface area (Å²) in [5, 5.41) is 2.91. The van der Waals surface area contributed by atoms with E-state index in [1.165, 1.54) is 4.90 Å². The van der Waals surface area contributed by atoms with Gasteiger partial charge in [0.25, 0.3) is 0 Å². The lowest BCUT2D eigenvalue weighted by atomic mass is 10.1. The van der Waals surface area contributed by atoms with Crippen molar-refractivity contribution in [2.75, 3.05) is 26.5 Å². The first-order valence-electron chi connectivity index (χ1n) is 12.4. The maximum Gasteiger partial charge on any atom is 0.242 e. The Hall–Kier alpha value is -3.69. The summed E-state index contributed by atoms with van der Waals surface area (Å²) in [6, 6.07) is 25.2. The van der Waals surface area contributed by atoms with Gasteiger partial charge in [-0.25, -0.2) is 8.42 Å². The standard InChI is InChI=1S/C29H35N3O5S/c1-23(29(34)30-19-18-24-10-6-4-7-11-24)32(21-26-14-16-27(37-2)17-15-26)28(33)22-31(38(3,35)36)20-25-12-8-5-9-13-25/h4-17,23H,18-22H2,1-3H3,(H,30,34)/t23-/m0/s1. The lowest BCUT2D eigenvalue weighted by Gasteiger charge is -2.31. The van der Waals surface area contributed by atoms with E-state index >= 15 is 0 Å². The van der Waals surface area contributed by atoms with E-state index in [-0.39, 0.29) is 25.5 Å². The van der Waals surface area contributed by atoms with Crippen molar-refractivity contribution in [2.45, 2.75) is 32.5 Å². The molecule has 0 fully saturated rings. The quantitative estimate of drug-likeness (QED) is 0.361. The van der Waals surface area contributed by atoms with E-state index in [1.807, 2.05) is 60.7 Å². The fourth-order valence-corrected chi connectivity index (χ4v) is 4.68. The maximum absolute atomic E-state index is 13.6. The van der Waals surface area contributed by atoms with Crippen LogP contribution in [0.4, 0.5) is 0 Å². The monoisotopic (exact) mass is 537 g/mol. The van der Waals surface area contributed by atoms with Crippen LogP contribution in [0.1, 0.15) is 23.6 Å². The fourth-order valence-electron chi connectivity index (χ4n) is 3.95. The van der Waals surface area contributed by atoms with Gasteiger partial charge in [0.05, 0.1) is 19.9 Å². The fraction of sp³-hybridized carbons (Fsp3) is 0.310. The minimum absolute atomic E-state index is 0.0550. The number of nitrogens with one attached hydrogen (secondary N) is 1. The molecule has 0 spiro atoms. The molecule has 9 heteroatoms. The molecule has 0 bridgehead atoms. The van der Waals surface area contributed by atoms with E-state index in [0.717, 1.165) is 27.3 Å². The Kier molecular flexibility index (Phi) is 10.4. The summed E-state index contributed by atoms with van der Waals surface area (Å²) in [6.45, 7) is 1.88. The van der Waals surface area contributed by atoms with Crippen LogP contribution in [0, 0.1) is 0 Å². The first kappa shape index (κ1) is 28.9. The molecule has 3 rings (SSSR count). The zero-order chi connectivity index (χ0) is 27.5. The third-order valence-electron chi connectivity index (χ3n) is 6.22. The van der Waals surface area contributed by atoms with Crippen LogP contribution in [0.25, 0.3) is 0 Å². The van der Waals surface area contributed by atoms with Crippen molar-refractivity contribution >= 4 is 21.8 Å². The zero-order valence-corrected chi connectivity index (χ0v) is 22.9. The highest BCUT2D eigenvalue weighted by atomic mass is 32.2. The van der Waals surface area contributed by atoms with E-state index in [2.05, 4.69) is 5.32 Å². The van der Waals surface area contributed by atoms with Crippen LogP contribution >= 0.6 is 0 Å². The Balaban J connectivity index is 1.77. The molecule has 202 valence electrons. The van der Waals surface area contributed by atoms with Crippen molar-refractivity contribution in [3.05, 3.63) is 102 Å². The van der Waals surface area contributed by atoms with Gasteiger partial charge >= 0.3 is 0 Å².